The van der Waals surface area contributed by atoms with Crippen molar-refractivity contribution in [3.63, 3.8) is 0 Å². The summed E-state index contributed by atoms with van der Waals surface area (Å²) in [6, 6.07) is 5.29. The highest BCUT2D eigenvalue weighted by atomic mass is 16.3. The van der Waals surface area contributed by atoms with E-state index in [0.717, 1.165) is 43.2 Å². The summed E-state index contributed by atoms with van der Waals surface area (Å²) in [5, 5.41) is 12.6. The number of carbonyl (C=O) groups excluding carboxylic acids is 1. The topological polar surface area (TPSA) is 49.3 Å². The van der Waals surface area contributed by atoms with Gasteiger partial charge in [0.25, 0.3) is 5.91 Å². The molecule has 1 aromatic carbocycles. The Hall–Kier alpha value is -1.77. The Bertz CT molecular complexity index is 520. The molecule has 0 saturated heterocycles. The lowest BCUT2D eigenvalue weighted by Crippen LogP contribution is -2.18. The molecule has 0 radical (unpaired) electrons. The van der Waals surface area contributed by atoms with Gasteiger partial charge < -0.3 is 10.4 Å². The van der Waals surface area contributed by atoms with E-state index >= 15 is 0 Å². The van der Waals surface area contributed by atoms with E-state index in [1.165, 1.54) is 0 Å². The lowest BCUT2D eigenvalue weighted by Gasteiger charge is -2.18. The SMILES string of the molecule is CCCc1cc(O)cc(NC(=O)C2=CCCC(C)C2)c1. The van der Waals surface area contributed by atoms with Crippen LogP contribution in [0.4, 0.5) is 5.69 Å². The number of hydrogen-bond acceptors (Lipinski definition) is 2. The quantitative estimate of drug-likeness (QED) is 0.870. The predicted molar refractivity (Wildman–Crippen MR) is 81.8 cm³/mol. The van der Waals surface area contributed by atoms with Crippen LogP contribution < -0.4 is 5.32 Å². The molecule has 1 atom stereocenters. The van der Waals surface area contributed by atoms with Crippen molar-refractivity contribution in [3.8, 4) is 5.75 Å². The molecule has 1 aliphatic carbocycles. The van der Waals surface area contributed by atoms with Crippen LogP contribution in [0.3, 0.4) is 0 Å². The van der Waals surface area contributed by atoms with E-state index in [2.05, 4.69) is 19.2 Å². The first-order valence-corrected chi connectivity index (χ1v) is 7.41. The number of phenolic OH excluding ortho intramolecular Hbond substituents is 1. The molecule has 0 saturated carbocycles. The number of phenols is 1. The molecule has 0 aliphatic heterocycles. The van der Waals surface area contributed by atoms with Gasteiger partial charge >= 0.3 is 0 Å². The second-order valence-electron chi connectivity index (χ2n) is 5.71. The van der Waals surface area contributed by atoms with E-state index in [1.54, 1.807) is 12.1 Å². The van der Waals surface area contributed by atoms with E-state index in [9.17, 15) is 9.90 Å². The molecule has 0 fully saturated rings. The standard InChI is InChI=1S/C17H23NO2/c1-3-5-13-9-15(11-16(19)10-13)18-17(20)14-7-4-6-12(2)8-14/h7,9-12,19H,3-6,8H2,1-2H3,(H,18,20). The highest BCUT2D eigenvalue weighted by Crippen LogP contribution is 2.26. The number of aryl methyl sites for hydroxylation is 1. The number of allylic oxidation sites excluding steroid dienone is 1. The number of benzene rings is 1. The molecule has 0 heterocycles. The minimum atomic E-state index is -0.0374. The third kappa shape index (κ3) is 3.86. The summed E-state index contributed by atoms with van der Waals surface area (Å²) in [5.74, 6) is 0.738. The predicted octanol–water partition coefficient (Wildman–Crippen LogP) is 4.03. The van der Waals surface area contributed by atoms with E-state index in [0.29, 0.717) is 11.6 Å². The van der Waals surface area contributed by atoms with Crippen LogP contribution in [0, 0.1) is 5.92 Å². The summed E-state index contributed by atoms with van der Waals surface area (Å²) >= 11 is 0. The molecular formula is C17H23NO2. The second kappa shape index (κ2) is 6.60. The van der Waals surface area contributed by atoms with Gasteiger partial charge in [0, 0.05) is 17.3 Å². The van der Waals surface area contributed by atoms with Crippen LogP contribution in [0.1, 0.15) is 45.1 Å². The van der Waals surface area contributed by atoms with E-state index in [1.807, 2.05) is 12.1 Å². The van der Waals surface area contributed by atoms with Gasteiger partial charge in [0.2, 0.25) is 0 Å². The minimum absolute atomic E-state index is 0.0374. The fourth-order valence-electron chi connectivity index (χ4n) is 2.68. The highest BCUT2D eigenvalue weighted by Gasteiger charge is 2.17. The number of amides is 1. The number of anilines is 1. The van der Waals surface area contributed by atoms with Gasteiger partial charge in [-0.3, -0.25) is 4.79 Å². The third-order valence-corrected chi connectivity index (χ3v) is 3.68. The van der Waals surface area contributed by atoms with Crippen molar-refractivity contribution in [1.29, 1.82) is 0 Å². The van der Waals surface area contributed by atoms with Crippen molar-refractivity contribution in [2.45, 2.75) is 46.0 Å². The minimum Gasteiger partial charge on any atom is -0.508 e. The van der Waals surface area contributed by atoms with Gasteiger partial charge in [0.05, 0.1) is 0 Å². The number of nitrogens with one attached hydrogen (secondary N) is 1. The largest absolute Gasteiger partial charge is 0.508 e. The molecule has 3 heteroatoms. The molecular weight excluding hydrogens is 250 g/mol. The van der Waals surface area contributed by atoms with Crippen LogP contribution in [0.25, 0.3) is 0 Å². The zero-order valence-corrected chi connectivity index (χ0v) is 12.3. The lowest BCUT2D eigenvalue weighted by molar-refractivity contribution is -0.113. The van der Waals surface area contributed by atoms with Gasteiger partial charge in [-0.15, -0.1) is 0 Å². The van der Waals surface area contributed by atoms with Crippen LogP contribution in [0.15, 0.2) is 29.8 Å². The summed E-state index contributed by atoms with van der Waals surface area (Å²) in [6.07, 6.45) is 6.92. The molecule has 0 bridgehead atoms. The molecule has 1 unspecified atom stereocenters. The summed E-state index contributed by atoms with van der Waals surface area (Å²) in [6.45, 7) is 4.27. The molecule has 1 amide bonds. The molecule has 2 rings (SSSR count). The van der Waals surface area contributed by atoms with Gasteiger partial charge in [0.1, 0.15) is 5.75 Å². The van der Waals surface area contributed by atoms with Crippen molar-refractivity contribution in [3.05, 3.63) is 35.4 Å². The molecule has 2 N–H and O–H groups in total. The van der Waals surface area contributed by atoms with Crippen LogP contribution >= 0.6 is 0 Å². The number of carbonyl (C=O) groups is 1. The number of hydrogen-bond donors (Lipinski definition) is 2. The van der Waals surface area contributed by atoms with Crippen molar-refractivity contribution in [2.75, 3.05) is 5.32 Å². The van der Waals surface area contributed by atoms with Gasteiger partial charge in [-0.2, -0.15) is 0 Å². The average molecular weight is 273 g/mol. The Morgan fingerprint density at radius 2 is 2.20 bits per heavy atom. The molecule has 1 aromatic rings. The van der Waals surface area contributed by atoms with Crippen molar-refractivity contribution < 1.29 is 9.90 Å². The molecule has 1 aliphatic rings. The molecule has 0 spiro atoms. The van der Waals surface area contributed by atoms with Gasteiger partial charge in [-0.1, -0.05) is 26.3 Å². The van der Waals surface area contributed by atoms with Crippen molar-refractivity contribution in [1.82, 2.24) is 0 Å². The van der Waals surface area contributed by atoms with E-state index in [4.69, 9.17) is 0 Å². The Morgan fingerprint density at radius 1 is 1.40 bits per heavy atom. The normalized spacial score (nSPS) is 18.5. The van der Waals surface area contributed by atoms with Crippen LogP contribution in [-0.2, 0) is 11.2 Å². The summed E-state index contributed by atoms with van der Waals surface area (Å²) in [5.41, 5.74) is 2.59. The van der Waals surface area contributed by atoms with Gasteiger partial charge in [-0.05, 0) is 49.3 Å². The molecule has 20 heavy (non-hydrogen) atoms. The first-order chi connectivity index (χ1) is 9.58. The first-order valence-electron chi connectivity index (χ1n) is 7.41. The van der Waals surface area contributed by atoms with Crippen LogP contribution in [0.5, 0.6) is 5.75 Å². The van der Waals surface area contributed by atoms with Gasteiger partial charge in [-0.25, -0.2) is 0 Å². The zero-order valence-electron chi connectivity index (χ0n) is 12.3. The molecule has 3 nitrogen and oxygen atoms in total. The fourth-order valence-corrected chi connectivity index (χ4v) is 2.68. The average Bonchev–Trinajstić information content (AvgIpc) is 2.38. The maximum Gasteiger partial charge on any atom is 0.251 e. The third-order valence-electron chi connectivity index (χ3n) is 3.68. The van der Waals surface area contributed by atoms with Gasteiger partial charge in [0.15, 0.2) is 0 Å². The van der Waals surface area contributed by atoms with Crippen molar-refractivity contribution >= 4 is 11.6 Å². The van der Waals surface area contributed by atoms with Crippen LogP contribution in [0.2, 0.25) is 0 Å². The molecule has 0 aromatic heterocycles. The van der Waals surface area contributed by atoms with E-state index < -0.39 is 0 Å². The van der Waals surface area contributed by atoms with Crippen LogP contribution in [-0.4, -0.2) is 11.0 Å². The summed E-state index contributed by atoms with van der Waals surface area (Å²) in [7, 11) is 0. The number of aromatic hydroxyl groups is 1. The first kappa shape index (κ1) is 14.6. The Morgan fingerprint density at radius 3 is 2.90 bits per heavy atom. The Balaban J connectivity index is 2.09. The summed E-state index contributed by atoms with van der Waals surface area (Å²) in [4.78, 5) is 12.2. The lowest BCUT2D eigenvalue weighted by atomic mass is 9.90. The smallest absolute Gasteiger partial charge is 0.251 e. The van der Waals surface area contributed by atoms with Crippen molar-refractivity contribution in [2.24, 2.45) is 5.92 Å². The Kier molecular flexibility index (Phi) is 4.83. The number of rotatable bonds is 4. The summed E-state index contributed by atoms with van der Waals surface area (Å²) < 4.78 is 0. The molecule has 108 valence electrons. The zero-order chi connectivity index (χ0) is 14.5. The van der Waals surface area contributed by atoms with E-state index in [-0.39, 0.29) is 11.7 Å². The maximum absolute atomic E-state index is 12.2. The fraction of sp³-hybridized carbons (Fsp3) is 0.471. The monoisotopic (exact) mass is 273 g/mol. The Labute approximate surface area is 120 Å². The highest BCUT2D eigenvalue weighted by molar-refractivity contribution is 6.03. The second-order valence-corrected chi connectivity index (χ2v) is 5.71. The maximum atomic E-state index is 12.2.